The smallest absolute Gasteiger partial charge is 0.408 e. The maximum atomic E-state index is 15.9. The Morgan fingerprint density at radius 3 is 2.12 bits per heavy atom. The van der Waals surface area contributed by atoms with Crippen molar-refractivity contribution in [2.24, 2.45) is 5.92 Å². The van der Waals surface area contributed by atoms with Crippen LogP contribution in [0.3, 0.4) is 0 Å². The molecule has 6 atom stereocenters. The largest absolute Gasteiger partial charge is 0.480 e. The van der Waals surface area contributed by atoms with Crippen LogP contribution in [0.25, 0.3) is 0 Å². The number of rotatable bonds is 12. The molecule has 3 rings (SSSR count). The molecule has 9 nitrogen and oxygen atoms in total. The van der Waals surface area contributed by atoms with Gasteiger partial charge in [0.15, 0.2) is 0 Å². The van der Waals surface area contributed by atoms with E-state index in [-0.39, 0.29) is 19.1 Å². The van der Waals surface area contributed by atoms with Gasteiger partial charge in [-0.3, -0.25) is 4.79 Å². The quantitative estimate of drug-likeness (QED) is 0.353. The summed E-state index contributed by atoms with van der Waals surface area (Å²) >= 11 is 0. The van der Waals surface area contributed by atoms with Crippen molar-refractivity contribution in [3.63, 3.8) is 0 Å². The Hall–Kier alpha value is -3.57. The lowest BCUT2D eigenvalue weighted by molar-refractivity contribution is -0.241. The zero-order valence-electron chi connectivity index (χ0n) is 22.7. The van der Waals surface area contributed by atoms with Gasteiger partial charge in [0.2, 0.25) is 5.91 Å². The maximum Gasteiger partial charge on any atom is 0.408 e. The van der Waals surface area contributed by atoms with Gasteiger partial charge in [0, 0.05) is 19.3 Å². The fourth-order valence-corrected chi connectivity index (χ4v) is 4.85. The number of nitrogens with one attached hydrogen (secondary N) is 2. The van der Waals surface area contributed by atoms with Gasteiger partial charge in [0.1, 0.15) is 18.8 Å². The lowest BCUT2D eigenvalue weighted by Gasteiger charge is -2.48. The number of ether oxygens (including phenoxy) is 3. The Bertz CT molecular complexity index is 1120. The first-order valence-electron chi connectivity index (χ1n) is 13.2. The predicted molar refractivity (Wildman–Crippen MR) is 141 cm³/mol. The molecule has 1 aliphatic heterocycles. The minimum absolute atomic E-state index is 0.118. The summed E-state index contributed by atoms with van der Waals surface area (Å²) in [4.78, 5) is 36.2. The van der Waals surface area contributed by atoms with Gasteiger partial charge in [-0.1, -0.05) is 74.5 Å². The van der Waals surface area contributed by atoms with Crippen molar-refractivity contribution in [1.82, 2.24) is 10.6 Å². The molecule has 1 fully saturated rings. The van der Waals surface area contributed by atoms with Crippen LogP contribution >= 0.6 is 0 Å². The van der Waals surface area contributed by atoms with E-state index < -0.39 is 60.7 Å². The number of amides is 2. The molecule has 1 aliphatic rings. The van der Waals surface area contributed by atoms with Crippen LogP contribution in [-0.2, 0) is 37.0 Å². The molecule has 2 amide bonds. The Labute approximate surface area is 232 Å². The first-order valence-corrected chi connectivity index (χ1v) is 13.2. The number of hydrogen-bond donors (Lipinski definition) is 3. The van der Waals surface area contributed by atoms with Crippen molar-refractivity contribution < 1.29 is 42.5 Å². The van der Waals surface area contributed by atoms with Crippen molar-refractivity contribution in [2.75, 3.05) is 0 Å². The molecule has 0 aliphatic carbocycles. The van der Waals surface area contributed by atoms with E-state index in [2.05, 4.69) is 5.32 Å². The number of carbonyl (C=O) groups is 3. The van der Waals surface area contributed by atoms with Crippen LogP contribution in [0.1, 0.15) is 44.7 Å². The molecule has 2 aromatic rings. The normalized spacial score (nSPS) is 23.6. The number of alkyl halides is 2. The van der Waals surface area contributed by atoms with Crippen LogP contribution in [0.5, 0.6) is 0 Å². The maximum absolute atomic E-state index is 15.9. The van der Waals surface area contributed by atoms with Gasteiger partial charge in [-0.15, -0.1) is 0 Å². The summed E-state index contributed by atoms with van der Waals surface area (Å²) in [5.41, 5.74) is 1.47. The molecule has 11 heteroatoms. The fraction of sp³-hybridized carbons (Fsp3) is 0.483. The number of aliphatic carboxylic acids is 1. The van der Waals surface area contributed by atoms with Gasteiger partial charge in [0.25, 0.3) is 5.92 Å². The van der Waals surface area contributed by atoms with Crippen LogP contribution in [0.2, 0.25) is 0 Å². The number of carbonyl (C=O) groups excluding carboxylic acids is 2. The molecule has 0 radical (unpaired) electrons. The number of carboxylic acid groups (broad SMARTS) is 1. The fourth-order valence-electron chi connectivity index (χ4n) is 4.85. The van der Waals surface area contributed by atoms with Crippen LogP contribution in [0, 0.1) is 5.92 Å². The summed E-state index contributed by atoms with van der Waals surface area (Å²) in [7, 11) is 0. The van der Waals surface area contributed by atoms with Crippen molar-refractivity contribution in [2.45, 2.75) is 83.1 Å². The van der Waals surface area contributed by atoms with Crippen LogP contribution in [0.4, 0.5) is 13.6 Å². The molecule has 1 heterocycles. The zero-order chi connectivity index (χ0) is 29.3. The van der Waals surface area contributed by atoms with Crippen LogP contribution < -0.4 is 10.6 Å². The SMILES string of the molecule is CC[C@H]1O[C@H](C(F)(F)C[C@@H](NC(=O)OCc2ccccc2)C(=O)O)[C@H](NC(C)=O)[C@@H](OCc2ccccc2)[C@H]1C. The number of hydrogen-bond acceptors (Lipinski definition) is 6. The second-order valence-corrected chi connectivity index (χ2v) is 9.91. The summed E-state index contributed by atoms with van der Waals surface area (Å²) in [6.07, 6.45) is -5.47. The molecule has 2 aromatic carbocycles. The second kappa shape index (κ2) is 14.2. The number of alkyl carbamates (subject to hydrolysis) is 1. The first-order chi connectivity index (χ1) is 19.0. The number of carboxylic acids is 1. The molecule has 40 heavy (non-hydrogen) atoms. The highest BCUT2D eigenvalue weighted by atomic mass is 19.3. The van der Waals surface area contributed by atoms with E-state index in [4.69, 9.17) is 14.2 Å². The minimum atomic E-state index is -3.79. The van der Waals surface area contributed by atoms with Crippen molar-refractivity contribution in [3.8, 4) is 0 Å². The molecule has 218 valence electrons. The van der Waals surface area contributed by atoms with Gasteiger partial charge in [0.05, 0.1) is 24.9 Å². The summed E-state index contributed by atoms with van der Waals surface area (Å²) in [6, 6.07) is 14.5. The second-order valence-electron chi connectivity index (χ2n) is 9.91. The predicted octanol–water partition coefficient (Wildman–Crippen LogP) is 4.30. The number of halogens is 2. The molecule has 0 spiro atoms. The monoisotopic (exact) mass is 562 g/mol. The van der Waals surface area contributed by atoms with Gasteiger partial charge < -0.3 is 30.0 Å². The van der Waals surface area contributed by atoms with E-state index in [1.54, 1.807) is 44.2 Å². The van der Waals surface area contributed by atoms with Gasteiger partial charge >= 0.3 is 12.1 Å². The first kappa shape index (κ1) is 31.0. The van der Waals surface area contributed by atoms with E-state index in [0.717, 1.165) is 5.56 Å². The summed E-state index contributed by atoms with van der Waals surface area (Å²) in [5.74, 6) is -6.38. The molecule has 0 saturated carbocycles. The molecule has 1 saturated heterocycles. The third-order valence-corrected chi connectivity index (χ3v) is 6.86. The minimum Gasteiger partial charge on any atom is -0.480 e. The van der Waals surface area contributed by atoms with Gasteiger partial charge in [-0.25, -0.2) is 18.4 Å². The lowest BCUT2D eigenvalue weighted by Crippen LogP contribution is -2.66. The van der Waals surface area contributed by atoms with E-state index >= 15 is 8.78 Å². The topological polar surface area (TPSA) is 123 Å². The van der Waals surface area contributed by atoms with Crippen molar-refractivity contribution in [3.05, 3.63) is 71.8 Å². The number of benzene rings is 2. The van der Waals surface area contributed by atoms with Gasteiger partial charge in [-0.05, 0) is 17.5 Å². The lowest BCUT2D eigenvalue weighted by atomic mass is 9.82. The van der Waals surface area contributed by atoms with Crippen LogP contribution in [0.15, 0.2) is 60.7 Å². The highest BCUT2D eigenvalue weighted by Gasteiger charge is 2.56. The summed E-state index contributed by atoms with van der Waals surface area (Å²) in [5, 5.41) is 14.2. The average molecular weight is 563 g/mol. The third-order valence-electron chi connectivity index (χ3n) is 6.86. The zero-order valence-corrected chi connectivity index (χ0v) is 22.7. The molecular weight excluding hydrogens is 526 g/mol. The molecule has 0 bridgehead atoms. The van der Waals surface area contributed by atoms with E-state index in [1.165, 1.54) is 6.92 Å². The Morgan fingerprint density at radius 2 is 1.60 bits per heavy atom. The van der Waals surface area contributed by atoms with E-state index in [9.17, 15) is 19.5 Å². The summed E-state index contributed by atoms with van der Waals surface area (Å²) in [6.45, 7) is 4.74. The average Bonchev–Trinajstić information content (AvgIpc) is 2.92. The van der Waals surface area contributed by atoms with Gasteiger partial charge in [-0.2, -0.15) is 0 Å². The Morgan fingerprint density at radius 1 is 1.02 bits per heavy atom. The Kier molecular flexibility index (Phi) is 11.0. The molecule has 0 aromatic heterocycles. The van der Waals surface area contributed by atoms with E-state index in [0.29, 0.717) is 12.0 Å². The highest BCUT2D eigenvalue weighted by molar-refractivity contribution is 5.80. The van der Waals surface area contributed by atoms with Crippen LogP contribution in [-0.4, -0.2) is 59.4 Å². The summed E-state index contributed by atoms with van der Waals surface area (Å²) < 4.78 is 48.8. The van der Waals surface area contributed by atoms with E-state index in [1.807, 2.05) is 35.6 Å². The molecule has 3 N–H and O–H groups in total. The molecule has 0 unspecified atom stereocenters. The third kappa shape index (κ3) is 8.46. The highest BCUT2D eigenvalue weighted by Crippen LogP contribution is 2.39. The van der Waals surface area contributed by atoms with Crippen molar-refractivity contribution in [1.29, 1.82) is 0 Å². The standard InChI is InChI=1S/C29H36F2N2O7/c1-4-23-18(2)25(38-16-20-11-7-5-8-12-20)24(32-19(3)34)26(40-23)29(30,31)15-22(27(35)36)33-28(37)39-17-21-13-9-6-10-14-21/h5-14,18,22-26H,4,15-17H2,1-3H3,(H,32,34)(H,33,37)(H,35,36)/t18-,22+,23+,24+,25-,26-/m0/s1. The molecular formula is C29H36F2N2O7. The van der Waals surface area contributed by atoms with Crippen molar-refractivity contribution >= 4 is 18.0 Å². The Balaban J connectivity index is 1.78.